The SMILES string of the molecule is CC[C@@H](Sc1nnc(-c2cccc(F)c2)c(-c2cccc(F)c2)n1)C(=O)NC1CCCC1. The van der Waals surface area contributed by atoms with E-state index in [-0.39, 0.29) is 17.2 Å². The Hall–Kier alpha value is -2.87. The molecule has 1 N–H and O–H groups in total. The van der Waals surface area contributed by atoms with Crippen molar-refractivity contribution in [1.29, 1.82) is 0 Å². The minimum absolute atomic E-state index is 0.0329. The molecule has 1 atom stereocenters. The molecular formula is C24H24F2N4OS. The fraction of sp³-hybridized carbons (Fsp3) is 0.333. The van der Waals surface area contributed by atoms with Crippen molar-refractivity contribution in [2.75, 3.05) is 0 Å². The van der Waals surface area contributed by atoms with Gasteiger partial charge in [0.25, 0.3) is 0 Å². The van der Waals surface area contributed by atoms with Gasteiger partial charge in [-0.3, -0.25) is 4.79 Å². The first-order valence-corrected chi connectivity index (χ1v) is 11.6. The van der Waals surface area contributed by atoms with Gasteiger partial charge in [-0.2, -0.15) is 0 Å². The largest absolute Gasteiger partial charge is 0.352 e. The van der Waals surface area contributed by atoms with Crippen molar-refractivity contribution in [2.45, 2.75) is 55.5 Å². The predicted molar refractivity (Wildman–Crippen MR) is 121 cm³/mol. The van der Waals surface area contributed by atoms with Crippen LogP contribution in [0.1, 0.15) is 39.0 Å². The highest BCUT2D eigenvalue weighted by Gasteiger charge is 2.25. The van der Waals surface area contributed by atoms with Gasteiger partial charge in [-0.15, -0.1) is 10.2 Å². The van der Waals surface area contributed by atoms with Gasteiger partial charge in [0.2, 0.25) is 11.1 Å². The molecule has 1 aliphatic carbocycles. The van der Waals surface area contributed by atoms with E-state index in [0.717, 1.165) is 25.7 Å². The molecule has 32 heavy (non-hydrogen) atoms. The van der Waals surface area contributed by atoms with Crippen LogP contribution in [0, 0.1) is 11.6 Å². The molecule has 0 saturated heterocycles. The molecule has 3 aromatic rings. The van der Waals surface area contributed by atoms with Gasteiger partial charge in [0, 0.05) is 17.2 Å². The van der Waals surface area contributed by atoms with Crippen LogP contribution in [0.3, 0.4) is 0 Å². The summed E-state index contributed by atoms with van der Waals surface area (Å²) in [7, 11) is 0. The lowest BCUT2D eigenvalue weighted by atomic mass is 10.0. The molecule has 166 valence electrons. The molecule has 1 aromatic heterocycles. The zero-order valence-electron chi connectivity index (χ0n) is 17.7. The van der Waals surface area contributed by atoms with Gasteiger partial charge < -0.3 is 5.32 Å². The molecule has 0 radical (unpaired) electrons. The zero-order chi connectivity index (χ0) is 22.5. The summed E-state index contributed by atoms with van der Waals surface area (Å²) in [6, 6.07) is 12.2. The van der Waals surface area contributed by atoms with Gasteiger partial charge >= 0.3 is 0 Å². The lowest BCUT2D eigenvalue weighted by Gasteiger charge is -2.18. The summed E-state index contributed by atoms with van der Waals surface area (Å²) in [5.41, 5.74) is 1.73. The number of halogens is 2. The van der Waals surface area contributed by atoms with Crippen molar-refractivity contribution in [3.63, 3.8) is 0 Å². The molecule has 8 heteroatoms. The number of carbonyl (C=O) groups is 1. The highest BCUT2D eigenvalue weighted by atomic mass is 32.2. The van der Waals surface area contributed by atoms with Crippen LogP contribution in [0.4, 0.5) is 8.78 Å². The van der Waals surface area contributed by atoms with Crippen LogP contribution in [0.5, 0.6) is 0 Å². The maximum atomic E-state index is 13.9. The monoisotopic (exact) mass is 454 g/mol. The van der Waals surface area contributed by atoms with Crippen molar-refractivity contribution in [3.8, 4) is 22.5 Å². The lowest BCUT2D eigenvalue weighted by molar-refractivity contribution is -0.121. The second-order valence-corrected chi connectivity index (χ2v) is 8.99. The summed E-state index contributed by atoms with van der Waals surface area (Å²) < 4.78 is 27.8. The number of hydrogen-bond donors (Lipinski definition) is 1. The van der Waals surface area contributed by atoms with Crippen molar-refractivity contribution < 1.29 is 13.6 Å². The van der Waals surface area contributed by atoms with E-state index in [1.807, 2.05) is 6.92 Å². The number of amides is 1. The minimum atomic E-state index is -0.414. The van der Waals surface area contributed by atoms with Gasteiger partial charge in [-0.05, 0) is 43.5 Å². The molecule has 1 saturated carbocycles. The van der Waals surface area contributed by atoms with E-state index < -0.39 is 11.6 Å². The topological polar surface area (TPSA) is 67.8 Å². The Morgan fingerprint density at radius 2 is 1.66 bits per heavy atom. The number of nitrogens with one attached hydrogen (secondary N) is 1. The Balaban J connectivity index is 1.66. The number of hydrogen-bond acceptors (Lipinski definition) is 5. The summed E-state index contributed by atoms with van der Waals surface area (Å²) in [5.74, 6) is -0.861. The molecule has 0 unspecified atom stereocenters. The van der Waals surface area contributed by atoms with Crippen LogP contribution in [-0.4, -0.2) is 32.4 Å². The van der Waals surface area contributed by atoms with Crippen molar-refractivity contribution in [3.05, 3.63) is 60.2 Å². The van der Waals surface area contributed by atoms with Crippen molar-refractivity contribution in [1.82, 2.24) is 20.5 Å². The minimum Gasteiger partial charge on any atom is -0.352 e. The van der Waals surface area contributed by atoms with Crippen molar-refractivity contribution >= 4 is 17.7 Å². The number of benzene rings is 2. The van der Waals surface area contributed by atoms with E-state index in [4.69, 9.17) is 0 Å². The molecule has 0 bridgehead atoms. The maximum absolute atomic E-state index is 13.9. The van der Waals surface area contributed by atoms with E-state index in [1.54, 1.807) is 24.3 Å². The molecule has 0 spiro atoms. The van der Waals surface area contributed by atoms with Gasteiger partial charge in [0.1, 0.15) is 23.0 Å². The predicted octanol–water partition coefficient (Wildman–Crippen LogP) is 5.41. The molecule has 1 aliphatic rings. The maximum Gasteiger partial charge on any atom is 0.233 e. The fourth-order valence-corrected chi connectivity index (χ4v) is 4.67. The quantitative estimate of drug-likeness (QED) is 0.483. The Morgan fingerprint density at radius 3 is 2.25 bits per heavy atom. The number of carbonyl (C=O) groups excluding carboxylic acids is 1. The summed E-state index contributed by atoms with van der Waals surface area (Å²) in [6.07, 6.45) is 4.91. The van der Waals surface area contributed by atoms with Gasteiger partial charge in [0.15, 0.2) is 0 Å². The van der Waals surface area contributed by atoms with Crippen molar-refractivity contribution in [2.24, 2.45) is 0 Å². The van der Waals surface area contributed by atoms with E-state index in [2.05, 4.69) is 20.5 Å². The number of rotatable bonds is 7. The van der Waals surface area contributed by atoms with E-state index in [9.17, 15) is 13.6 Å². The van der Waals surface area contributed by atoms with Crippen LogP contribution < -0.4 is 5.32 Å². The first-order valence-electron chi connectivity index (χ1n) is 10.8. The van der Waals surface area contributed by atoms with Crippen LogP contribution in [0.25, 0.3) is 22.5 Å². The number of thioether (sulfide) groups is 1. The van der Waals surface area contributed by atoms with E-state index in [1.165, 1.54) is 36.0 Å². The van der Waals surface area contributed by atoms with Gasteiger partial charge in [-0.1, -0.05) is 55.8 Å². The first-order chi connectivity index (χ1) is 15.5. The number of nitrogens with zero attached hydrogens (tertiary/aromatic N) is 3. The van der Waals surface area contributed by atoms with Crippen LogP contribution in [0.15, 0.2) is 53.7 Å². The first kappa shape index (κ1) is 22.3. The van der Waals surface area contributed by atoms with E-state index in [0.29, 0.717) is 34.1 Å². The summed E-state index contributed by atoms with van der Waals surface area (Å²) in [6.45, 7) is 1.94. The second kappa shape index (κ2) is 10.2. The van der Waals surface area contributed by atoms with E-state index >= 15 is 0 Å². The number of aromatic nitrogens is 3. The normalized spacial score (nSPS) is 15.0. The molecule has 1 heterocycles. The standard InChI is InChI=1S/C24H24F2N4OS/c1-2-20(23(31)27-19-11-3-4-12-19)32-24-28-21(15-7-5-9-17(25)13-15)22(29-30-24)16-8-6-10-18(26)14-16/h5-10,13-14,19-20H,2-4,11-12H2,1H3,(H,27,31)/t20-/m1/s1. The molecular weight excluding hydrogens is 430 g/mol. The fourth-order valence-electron chi connectivity index (χ4n) is 3.84. The highest BCUT2D eigenvalue weighted by molar-refractivity contribution is 8.00. The molecule has 0 aliphatic heterocycles. The van der Waals surface area contributed by atoms with Crippen LogP contribution >= 0.6 is 11.8 Å². The van der Waals surface area contributed by atoms with Crippen LogP contribution in [-0.2, 0) is 4.79 Å². The third kappa shape index (κ3) is 5.30. The van der Waals surface area contributed by atoms with Gasteiger partial charge in [0.05, 0.1) is 5.25 Å². The Bertz CT molecular complexity index is 1100. The molecule has 4 rings (SSSR count). The average Bonchev–Trinajstić information content (AvgIpc) is 3.30. The molecule has 5 nitrogen and oxygen atoms in total. The van der Waals surface area contributed by atoms with Crippen LogP contribution in [0.2, 0.25) is 0 Å². The Labute approximate surface area is 190 Å². The molecule has 1 fully saturated rings. The smallest absolute Gasteiger partial charge is 0.233 e. The molecule has 1 amide bonds. The Morgan fingerprint density at radius 1 is 1.03 bits per heavy atom. The third-order valence-electron chi connectivity index (χ3n) is 5.48. The third-order valence-corrected chi connectivity index (χ3v) is 6.69. The zero-order valence-corrected chi connectivity index (χ0v) is 18.5. The second-order valence-electron chi connectivity index (χ2n) is 7.82. The summed E-state index contributed by atoms with van der Waals surface area (Å²) >= 11 is 1.24. The average molecular weight is 455 g/mol. The molecule has 2 aromatic carbocycles. The highest BCUT2D eigenvalue weighted by Crippen LogP contribution is 2.32. The Kier molecular flexibility index (Phi) is 7.09. The summed E-state index contributed by atoms with van der Waals surface area (Å²) in [5, 5.41) is 11.6. The lowest BCUT2D eigenvalue weighted by Crippen LogP contribution is -2.38. The van der Waals surface area contributed by atoms with Gasteiger partial charge in [-0.25, -0.2) is 13.8 Å². The summed E-state index contributed by atoms with van der Waals surface area (Å²) in [4.78, 5) is 17.4.